The SMILES string of the molecule is CCNC(=O)Nc1ccc(-c2nc(N3CCOC[C@@H]3C)c3c(n2)C(C)(CCN2CCC2)OC3)cc1. The van der Waals surface area contributed by atoms with Gasteiger partial charge < -0.3 is 29.9 Å². The molecule has 9 heteroatoms. The first-order valence-corrected chi connectivity index (χ1v) is 12.7. The summed E-state index contributed by atoms with van der Waals surface area (Å²) < 4.78 is 12.1. The minimum atomic E-state index is -0.438. The maximum absolute atomic E-state index is 11.9. The van der Waals surface area contributed by atoms with E-state index in [9.17, 15) is 4.79 Å². The average Bonchev–Trinajstić information content (AvgIpc) is 3.15. The zero-order valence-electron chi connectivity index (χ0n) is 21.0. The fourth-order valence-electron chi connectivity index (χ4n) is 4.96. The standard InChI is InChI=1S/C26H36N6O3/c1-4-27-25(33)28-20-8-6-19(7-9-20)23-29-22-21(24(30-23)32-14-15-34-16-18(32)2)17-35-26(22,3)10-13-31-11-5-12-31/h6-9,18H,4-5,10-17H2,1-3H3,(H2,27,28,33)/t18-,26?/m0/s1. The predicted molar refractivity (Wildman–Crippen MR) is 136 cm³/mol. The van der Waals surface area contributed by atoms with Crippen molar-refractivity contribution in [1.82, 2.24) is 20.2 Å². The molecule has 188 valence electrons. The maximum Gasteiger partial charge on any atom is 0.319 e. The van der Waals surface area contributed by atoms with E-state index in [1.165, 1.54) is 19.5 Å². The van der Waals surface area contributed by atoms with Crippen LogP contribution < -0.4 is 15.5 Å². The Morgan fingerprint density at radius 1 is 1.20 bits per heavy atom. The molecule has 4 heterocycles. The van der Waals surface area contributed by atoms with Gasteiger partial charge in [0.05, 0.1) is 31.6 Å². The van der Waals surface area contributed by atoms with Crippen molar-refractivity contribution < 1.29 is 14.3 Å². The van der Waals surface area contributed by atoms with Crippen LogP contribution in [-0.2, 0) is 21.7 Å². The number of hydrogen-bond acceptors (Lipinski definition) is 7. The molecule has 0 saturated carbocycles. The number of fused-ring (bicyclic) bond motifs is 1. The molecule has 9 nitrogen and oxygen atoms in total. The van der Waals surface area contributed by atoms with Crippen LogP contribution in [0.3, 0.4) is 0 Å². The van der Waals surface area contributed by atoms with Gasteiger partial charge in [-0.25, -0.2) is 14.8 Å². The summed E-state index contributed by atoms with van der Waals surface area (Å²) >= 11 is 0. The number of carbonyl (C=O) groups is 1. The van der Waals surface area contributed by atoms with Gasteiger partial charge in [-0.3, -0.25) is 0 Å². The topological polar surface area (TPSA) is 91.9 Å². The summed E-state index contributed by atoms with van der Waals surface area (Å²) in [5, 5.41) is 5.59. The van der Waals surface area contributed by atoms with Gasteiger partial charge in [0.25, 0.3) is 0 Å². The Bertz CT molecular complexity index is 1060. The lowest BCUT2D eigenvalue weighted by atomic mass is 9.95. The second-order valence-corrected chi connectivity index (χ2v) is 9.84. The molecule has 0 bridgehead atoms. The molecule has 0 radical (unpaired) electrons. The number of likely N-dealkylation sites (tertiary alicyclic amines) is 1. The van der Waals surface area contributed by atoms with Crippen LogP contribution in [0.5, 0.6) is 0 Å². The number of urea groups is 1. The lowest BCUT2D eigenvalue weighted by Gasteiger charge is -2.36. The largest absolute Gasteiger partial charge is 0.377 e. The summed E-state index contributed by atoms with van der Waals surface area (Å²) in [4.78, 5) is 26.8. The number of aromatic nitrogens is 2. The average molecular weight is 481 g/mol. The fourth-order valence-corrected chi connectivity index (χ4v) is 4.96. The van der Waals surface area contributed by atoms with E-state index in [4.69, 9.17) is 19.4 Å². The predicted octanol–water partition coefficient (Wildman–Crippen LogP) is 3.35. The van der Waals surface area contributed by atoms with Crippen LogP contribution in [0.25, 0.3) is 11.4 Å². The Balaban J connectivity index is 1.48. The highest BCUT2D eigenvalue weighted by atomic mass is 16.5. The minimum Gasteiger partial charge on any atom is -0.377 e. The van der Waals surface area contributed by atoms with Crippen LogP contribution in [0.15, 0.2) is 24.3 Å². The molecule has 3 aliphatic rings. The van der Waals surface area contributed by atoms with Crippen LogP contribution in [0, 0.1) is 0 Å². The van der Waals surface area contributed by atoms with E-state index in [-0.39, 0.29) is 12.1 Å². The molecule has 2 saturated heterocycles. The van der Waals surface area contributed by atoms with Crippen LogP contribution in [-0.4, -0.2) is 72.9 Å². The molecule has 2 aromatic rings. The molecular weight excluding hydrogens is 444 g/mol. The summed E-state index contributed by atoms with van der Waals surface area (Å²) in [5.74, 6) is 1.64. The summed E-state index contributed by atoms with van der Waals surface area (Å²) in [6.45, 7) is 12.9. The first-order chi connectivity index (χ1) is 17.0. The molecule has 2 amide bonds. The zero-order valence-corrected chi connectivity index (χ0v) is 21.0. The Morgan fingerprint density at radius 3 is 2.69 bits per heavy atom. The van der Waals surface area contributed by atoms with E-state index in [1.54, 1.807) is 0 Å². The number of carbonyl (C=O) groups excluding carboxylic acids is 1. The molecule has 1 aromatic heterocycles. The van der Waals surface area contributed by atoms with Gasteiger partial charge >= 0.3 is 6.03 Å². The molecule has 2 atom stereocenters. The van der Waals surface area contributed by atoms with Crippen molar-refractivity contribution in [1.29, 1.82) is 0 Å². The quantitative estimate of drug-likeness (QED) is 0.628. The van der Waals surface area contributed by atoms with E-state index in [0.29, 0.717) is 32.2 Å². The normalized spacial score (nSPS) is 24.1. The third kappa shape index (κ3) is 4.98. The second kappa shape index (κ2) is 10.1. The Labute approximate surface area is 207 Å². The molecule has 0 spiro atoms. The van der Waals surface area contributed by atoms with E-state index in [0.717, 1.165) is 47.8 Å². The van der Waals surface area contributed by atoms with Gasteiger partial charge in [0.1, 0.15) is 11.4 Å². The first-order valence-electron chi connectivity index (χ1n) is 12.7. The van der Waals surface area contributed by atoms with Crippen molar-refractivity contribution in [3.05, 3.63) is 35.5 Å². The molecular formula is C26H36N6O3. The second-order valence-electron chi connectivity index (χ2n) is 9.84. The van der Waals surface area contributed by atoms with Crippen molar-refractivity contribution in [2.75, 3.05) is 56.2 Å². The highest BCUT2D eigenvalue weighted by Gasteiger charge is 2.41. The van der Waals surface area contributed by atoms with Gasteiger partial charge in [0.2, 0.25) is 0 Å². The smallest absolute Gasteiger partial charge is 0.319 e. The van der Waals surface area contributed by atoms with Gasteiger partial charge in [-0.1, -0.05) is 0 Å². The highest BCUT2D eigenvalue weighted by molar-refractivity contribution is 5.89. The Hall–Kier alpha value is -2.75. The van der Waals surface area contributed by atoms with Gasteiger partial charge in [-0.15, -0.1) is 0 Å². The number of nitrogens with one attached hydrogen (secondary N) is 2. The third-order valence-electron chi connectivity index (χ3n) is 7.25. The van der Waals surface area contributed by atoms with Crippen LogP contribution in [0.1, 0.15) is 44.9 Å². The van der Waals surface area contributed by atoms with Crippen LogP contribution in [0.4, 0.5) is 16.3 Å². The van der Waals surface area contributed by atoms with Crippen molar-refractivity contribution in [2.45, 2.75) is 51.9 Å². The molecule has 1 aromatic carbocycles. The van der Waals surface area contributed by atoms with Gasteiger partial charge in [0.15, 0.2) is 5.82 Å². The molecule has 1 unspecified atom stereocenters. The van der Waals surface area contributed by atoms with Gasteiger partial charge in [0, 0.05) is 36.4 Å². The maximum atomic E-state index is 11.9. The number of amides is 2. The lowest BCUT2D eigenvalue weighted by molar-refractivity contribution is -0.0405. The van der Waals surface area contributed by atoms with Crippen LogP contribution >= 0.6 is 0 Å². The molecule has 35 heavy (non-hydrogen) atoms. The van der Waals surface area contributed by atoms with E-state index >= 15 is 0 Å². The number of nitrogens with zero attached hydrogens (tertiary/aromatic N) is 4. The Kier molecular flexibility index (Phi) is 6.91. The third-order valence-corrected chi connectivity index (χ3v) is 7.25. The minimum absolute atomic E-state index is 0.215. The number of rotatable bonds is 7. The van der Waals surface area contributed by atoms with Crippen molar-refractivity contribution >= 4 is 17.5 Å². The summed E-state index contributed by atoms with van der Waals surface area (Å²) in [7, 11) is 0. The number of hydrogen-bond donors (Lipinski definition) is 2. The van der Waals surface area contributed by atoms with E-state index in [2.05, 4.69) is 34.3 Å². The summed E-state index contributed by atoms with van der Waals surface area (Å²) in [5.41, 5.74) is 3.30. The fraction of sp³-hybridized carbons (Fsp3) is 0.577. The van der Waals surface area contributed by atoms with Crippen molar-refractivity contribution in [2.24, 2.45) is 0 Å². The molecule has 2 N–H and O–H groups in total. The highest BCUT2D eigenvalue weighted by Crippen LogP contribution is 2.43. The summed E-state index contributed by atoms with van der Waals surface area (Å²) in [6, 6.07) is 7.71. The molecule has 3 aliphatic heterocycles. The first kappa shape index (κ1) is 24.0. The number of ether oxygens (including phenoxy) is 2. The lowest BCUT2D eigenvalue weighted by Crippen LogP contribution is -2.44. The van der Waals surface area contributed by atoms with E-state index in [1.807, 2.05) is 31.2 Å². The Morgan fingerprint density at radius 2 is 2.00 bits per heavy atom. The van der Waals surface area contributed by atoms with Crippen LogP contribution in [0.2, 0.25) is 0 Å². The molecule has 2 fully saturated rings. The summed E-state index contributed by atoms with van der Waals surface area (Å²) in [6.07, 6.45) is 2.19. The van der Waals surface area contributed by atoms with Gasteiger partial charge in [-0.2, -0.15) is 0 Å². The van der Waals surface area contributed by atoms with Crippen molar-refractivity contribution in [3.63, 3.8) is 0 Å². The van der Waals surface area contributed by atoms with E-state index < -0.39 is 5.60 Å². The zero-order chi connectivity index (χ0) is 24.4. The number of anilines is 2. The number of morpholine rings is 1. The van der Waals surface area contributed by atoms with Gasteiger partial charge in [-0.05, 0) is 71.0 Å². The van der Waals surface area contributed by atoms with Crippen molar-refractivity contribution in [3.8, 4) is 11.4 Å². The molecule has 0 aliphatic carbocycles. The molecule has 5 rings (SSSR count). The monoisotopic (exact) mass is 480 g/mol. The number of benzene rings is 1.